The van der Waals surface area contributed by atoms with Crippen molar-refractivity contribution in [1.82, 2.24) is 14.9 Å². The molecule has 0 bridgehead atoms. The van der Waals surface area contributed by atoms with Crippen molar-refractivity contribution in [3.05, 3.63) is 76.9 Å². The number of nitrogens with zero attached hydrogens (tertiary/aromatic N) is 4. The van der Waals surface area contributed by atoms with Gasteiger partial charge in [0.15, 0.2) is 0 Å². The van der Waals surface area contributed by atoms with E-state index in [1.807, 2.05) is 19.0 Å². The summed E-state index contributed by atoms with van der Waals surface area (Å²) in [5.74, 6) is 4.29. The van der Waals surface area contributed by atoms with Crippen LogP contribution in [0.15, 0.2) is 48.8 Å². The quantitative estimate of drug-likeness (QED) is 0.382. The number of benzene rings is 2. The second-order valence-electron chi connectivity index (χ2n) is 9.32. The third-order valence-electron chi connectivity index (χ3n) is 6.06. The van der Waals surface area contributed by atoms with E-state index in [4.69, 9.17) is 5.73 Å². The van der Waals surface area contributed by atoms with Gasteiger partial charge in [0.1, 0.15) is 5.82 Å². The van der Waals surface area contributed by atoms with Gasteiger partial charge in [0.2, 0.25) is 5.95 Å². The lowest BCUT2D eigenvalue weighted by Gasteiger charge is -2.24. The van der Waals surface area contributed by atoms with Crippen LogP contribution in [0.2, 0.25) is 0 Å². The first-order valence-corrected chi connectivity index (χ1v) is 11.8. The standard InChI is InChI=1S/C27H26F4N6O/c1-36(2)15-19-9-10-37(16-19)24-8-6-20(27(29,30)31)12-23(24)35-25(38)21-11-17(5-7-22(21)28)3-4-18-13-33-26(32)34-14-18/h5-8,11-14,19H,9-10,15-16H2,1-2H3,(H,35,38)(H2,32,33,34)/t19-/m1/s1. The lowest BCUT2D eigenvalue weighted by Crippen LogP contribution is -2.27. The number of carbonyl (C=O) groups is 1. The van der Waals surface area contributed by atoms with E-state index in [1.165, 1.54) is 30.6 Å². The van der Waals surface area contributed by atoms with Crippen molar-refractivity contribution in [2.75, 3.05) is 49.7 Å². The maximum atomic E-state index is 14.6. The maximum Gasteiger partial charge on any atom is 0.416 e. The van der Waals surface area contributed by atoms with Crippen LogP contribution in [0, 0.1) is 23.6 Å². The molecule has 7 nitrogen and oxygen atoms in total. The maximum absolute atomic E-state index is 14.6. The molecule has 0 unspecified atom stereocenters. The Kier molecular flexibility index (Phi) is 7.83. The van der Waals surface area contributed by atoms with Gasteiger partial charge in [-0.25, -0.2) is 14.4 Å². The molecular weight excluding hydrogens is 500 g/mol. The number of amides is 1. The summed E-state index contributed by atoms with van der Waals surface area (Å²) in [5.41, 5.74) is 5.39. The number of anilines is 3. The van der Waals surface area contributed by atoms with Crippen molar-refractivity contribution >= 4 is 23.2 Å². The minimum absolute atomic E-state index is 0.0368. The Hall–Kier alpha value is -4.17. The average Bonchev–Trinajstić information content (AvgIpc) is 3.31. The average molecular weight is 527 g/mol. The molecule has 1 atom stereocenters. The summed E-state index contributed by atoms with van der Waals surface area (Å²) < 4.78 is 55.1. The number of nitrogen functional groups attached to an aromatic ring is 1. The summed E-state index contributed by atoms with van der Waals surface area (Å²) in [4.78, 5) is 24.8. The third kappa shape index (κ3) is 6.58. The van der Waals surface area contributed by atoms with Gasteiger partial charge in [-0.05, 0) is 62.8 Å². The topological polar surface area (TPSA) is 87.4 Å². The summed E-state index contributed by atoms with van der Waals surface area (Å²) >= 11 is 0. The highest BCUT2D eigenvalue weighted by Gasteiger charge is 2.33. The predicted molar refractivity (Wildman–Crippen MR) is 137 cm³/mol. The van der Waals surface area contributed by atoms with Gasteiger partial charge < -0.3 is 20.9 Å². The summed E-state index contributed by atoms with van der Waals surface area (Å²) in [5, 5.41) is 2.51. The van der Waals surface area contributed by atoms with Gasteiger partial charge in [0.05, 0.1) is 28.1 Å². The van der Waals surface area contributed by atoms with E-state index in [-0.39, 0.29) is 17.2 Å². The lowest BCUT2D eigenvalue weighted by atomic mass is 10.1. The molecule has 11 heteroatoms. The van der Waals surface area contributed by atoms with Crippen molar-refractivity contribution in [2.24, 2.45) is 5.92 Å². The molecule has 1 aromatic heterocycles. The first-order valence-electron chi connectivity index (χ1n) is 11.8. The smallest absolute Gasteiger partial charge is 0.370 e. The van der Waals surface area contributed by atoms with Crippen LogP contribution in [0.25, 0.3) is 0 Å². The molecule has 3 aromatic rings. The zero-order chi connectivity index (χ0) is 27.4. The molecule has 3 N–H and O–H groups in total. The second-order valence-corrected chi connectivity index (χ2v) is 9.32. The van der Waals surface area contributed by atoms with Gasteiger partial charge in [-0.15, -0.1) is 0 Å². The van der Waals surface area contributed by atoms with Gasteiger partial charge in [-0.2, -0.15) is 13.2 Å². The number of hydrogen-bond donors (Lipinski definition) is 2. The van der Waals surface area contributed by atoms with E-state index < -0.39 is 23.5 Å². The Morgan fingerprint density at radius 2 is 1.84 bits per heavy atom. The summed E-state index contributed by atoms with van der Waals surface area (Å²) in [7, 11) is 3.92. The molecule has 0 aliphatic carbocycles. The normalized spacial score (nSPS) is 15.3. The zero-order valence-corrected chi connectivity index (χ0v) is 20.8. The van der Waals surface area contributed by atoms with Crippen LogP contribution in [0.3, 0.4) is 0 Å². The van der Waals surface area contributed by atoms with Crippen molar-refractivity contribution in [3.63, 3.8) is 0 Å². The second kappa shape index (κ2) is 11.1. The van der Waals surface area contributed by atoms with E-state index in [0.29, 0.717) is 35.8 Å². The van der Waals surface area contributed by atoms with Crippen LogP contribution in [0.1, 0.15) is 33.5 Å². The van der Waals surface area contributed by atoms with Crippen LogP contribution in [0.5, 0.6) is 0 Å². The number of aromatic nitrogens is 2. The SMILES string of the molecule is CN(C)C[C@H]1CCN(c2ccc(C(F)(F)F)cc2NC(=O)c2cc(C#Cc3cnc(N)nc3)ccc2F)C1. The molecule has 1 aliphatic rings. The van der Waals surface area contributed by atoms with Crippen LogP contribution in [0.4, 0.5) is 34.9 Å². The number of rotatable bonds is 5. The molecule has 1 amide bonds. The molecule has 0 radical (unpaired) electrons. The van der Waals surface area contributed by atoms with Crippen LogP contribution >= 0.6 is 0 Å². The van der Waals surface area contributed by atoms with Crippen molar-refractivity contribution in [1.29, 1.82) is 0 Å². The first kappa shape index (κ1) is 26.9. The number of alkyl halides is 3. The van der Waals surface area contributed by atoms with E-state index in [2.05, 4.69) is 32.0 Å². The summed E-state index contributed by atoms with van der Waals surface area (Å²) in [6.07, 6.45) is -0.907. The molecular formula is C27H26F4N6O. The Balaban J connectivity index is 1.61. The number of hydrogen-bond acceptors (Lipinski definition) is 6. The fourth-order valence-electron chi connectivity index (χ4n) is 4.32. The Morgan fingerprint density at radius 1 is 1.13 bits per heavy atom. The van der Waals surface area contributed by atoms with Gasteiger partial charge in [0.25, 0.3) is 5.91 Å². The predicted octanol–water partition coefficient (Wildman–Crippen LogP) is 4.26. The monoisotopic (exact) mass is 526 g/mol. The first-order chi connectivity index (χ1) is 18.0. The minimum Gasteiger partial charge on any atom is -0.370 e. The number of nitrogens with one attached hydrogen (secondary N) is 1. The highest BCUT2D eigenvalue weighted by atomic mass is 19.4. The van der Waals surface area contributed by atoms with Crippen molar-refractivity contribution in [3.8, 4) is 11.8 Å². The number of nitrogens with two attached hydrogens (primary N) is 1. The Morgan fingerprint density at radius 3 is 2.53 bits per heavy atom. The molecule has 2 heterocycles. The largest absolute Gasteiger partial charge is 0.416 e. The molecule has 198 valence electrons. The van der Waals surface area contributed by atoms with Gasteiger partial charge in [0, 0.05) is 37.6 Å². The van der Waals surface area contributed by atoms with E-state index >= 15 is 0 Å². The minimum atomic E-state index is -4.61. The zero-order valence-electron chi connectivity index (χ0n) is 20.8. The lowest BCUT2D eigenvalue weighted by molar-refractivity contribution is -0.137. The van der Waals surface area contributed by atoms with E-state index in [9.17, 15) is 22.4 Å². The fraction of sp³-hybridized carbons (Fsp3) is 0.296. The Bertz CT molecular complexity index is 1380. The molecule has 4 rings (SSSR count). The van der Waals surface area contributed by atoms with Crippen LogP contribution in [-0.2, 0) is 6.18 Å². The highest BCUT2D eigenvalue weighted by molar-refractivity contribution is 6.06. The van der Waals surface area contributed by atoms with Gasteiger partial charge in [-0.3, -0.25) is 4.79 Å². The summed E-state index contributed by atoms with van der Waals surface area (Å²) in [6.45, 7) is 2.09. The molecule has 38 heavy (non-hydrogen) atoms. The Labute approximate surface area is 217 Å². The van der Waals surface area contributed by atoms with Crippen molar-refractivity contribution < 1.29 is 22.4 Å². The molecule has 0 spiro atoms. The van der Waals surface area contributed by atoms with E-state index in [1.54, 1.807) is 0 Å². The number of carbonyl (C=O) groups excluding carboxylic acids is 1. The van der Waals surface area contributed by atoms with Crippen molar-refractivity contribution in [2.45, 2.75) is 12.6 Å². The van der Waals surface area contributed by atoms with Crippen LogP contribution < -0.4 is 16.0 Å². The molecule has 1 fully saturated rings. The van der Waals surface area contributed by atoms with Crippen LogP contribution in [-0.4, -0.2) is 54.5 Å². The van der Waals surface area contributed by atoms with E-state index in [0.717, 1.165) is 31.2 Å². The molecule has 1 aliphatic heterocycles. The molecule has 0 saturated carbocycles. The summed E-state index contributed by atoms with van der Waals surface area (Å²) in [6, 6.07) is 6.94. The van der Waals surface area contributed by atoms with Gasteiger partial charge in [-0.1, -0.05) is 11.8 Å². The fourth-order valence-corrected chi connectivity index (χ4v) is 4.32. The third-order valence-corrected chi connectivity index (χ3v) is 6.06. The number of halogens is 4. The molecule has 2 aromatic carbocycles. The molecule has 1 saturated heterocycles. The van der Waals surface area contributed by atoms with Gasteiger partial charge >= 0.3 is 6.18 Å². The highest BCUT2D eigenvalue weighted by Crippen LogP contribution is 2.37.